The first-order valence-electron chi connectivity index (χ1n) is 10.2. The fraction of sp³-hybridized carbons (Fsp3) is 0.348. The van der Waals surface area contributed by atoms with Crippen molar-refractivity contribution >= 4 is 29.4 Å². The van der Waals surface area contributed by atoms with Crippen LogP contribution in [0.2, 0.25) is 5.02 Å². The SMILES string of the molecule is CN(C)C(CNC(=O)CN1C(=O)NC2(CCc3ccccc32)C1=O)c1ccccc1Cl. The second kappa shape index (κ2) is 8.32. The van der Waals surface area contributed by atoms with Crippen LogP contribution in [-0.2, 0) is 21.5 Å². The third kappa shape index (κ3) is 3.79. The van der Waals surface area contributed by atoms with Gasteiger partial charge in [0.25, 0.3) is 5.91 Å². The van der Waals surface area contributed by atoms with Crippen molar-refractivity contribution in [1.29, 1.82) is 0 Å². The van der Waals surface area contributed by atoms with E-state index in [1.54, 1.807) is 6.07 Å². The zero-order valence-corrected chi connectivity index (χ0v) is 18.3. The number of carbonyl (C=O) groups is 3. The molecule has 2 aromatic carbocycles. The minimum absolute atomic E-state index is 0.145. The summed E-state index contributed by atoms with van der Waals surface area (Å²) in [4.78, 5) is 41.4. The summed E-state index contributed by atoms with van der Waals surface area (Å²) in [7, 11) is 3.80. The van der Waals surface area contributed by atoms with Crippen LogP contribution in [0.5, 0.6) is 0 Å². The zero-order valence-electron chi connectivity index (χ0n) is 17.5. The Morgan fingerprint density at radius 3 is 2.65 bits per heavy atom. The molecule has 0 saturated carbocycles. The van der Waals surface area contributed by atoms with E-state index < -0.39 is 17.5 Å². The summed E-state index contributed by atoms with van der Waals surface area (Å²) in [5.74, 6) is -0.765. The Bertz CT molecular complexity index is 1040. The van der Waals surface area contributed by atoms with Gasteiger partial charge in [-0.05, 0) is 49.7 Å². The zero-order chi connectivity index (χ0) is 22.2. The maximum Gasteiger partial charge on any atom is 0.325 e. The largest absolute Gasteiger partial charge is 0.353 e. The van der Waals surface area contributed by atoms with Gasteiger partial charge in [-0.25, -0.2) is 4.79 Å². The molecule has 2 unspecified atom stereocenters. The van der Waals surface area contributed by atoms with Crippen LogP contribution in [-0.4, -0.2) is 54.8 Å². The second-order valence-electron chi connectivity index (χ2n) is 8.19. The maximum absolute atomic E-state index is 13.2. The molecule has 1 saturated heterocycles. The van der Waals surface area contributed by atoms with Crippen molar-refractivity contribution in [2.24, 2.45) is 0 Å². The van der Waals surface area contributed by atoms with Crippen molar-refractivity contribution in [2.45, 2.75) is 24.4 Å². The highest BCUT2D eigenvalue weighted by Gasteiger charge is 2.55. The van der Waals surface area contributed by atoms with Gasteiger partial charge >= 0.3 is 6.03 Å². The molecule has 2 aliphatic rings. The Morgan fingerprint density at radius 2 is 1.90 bits per heavy atom. The summed E-state index contributed by atoms with van der Waals surface area (Å²) in [5, 5.41) is 6.30. The van der Waals surface area contributed by atoms with Crippen LogP contribution < -0.4 is 10.6 Å². The quantitative estimate of drug-likeness (QED) is 0.676. The van der Waals surface area contributed by atoms with Crippen LogP contribution in [0, 0.1) is 0 Å². The van der Waals surface area contributed by atoms with Crippen molar-refractivity contribution in [3.05, 3.63) is 70.2 Å². The lowest BCUT2D eigenvalue weighted by Gasteiger charge is -2.26. The summed E-state index contributed by atoms with van der Waals surface area (Å²) in [6, 6.07) is 14.4. The maximum atomic E-state index is 13.2. The Morgan fingerprint density at radius 1 is 1.19 bits per heavy atom. The fourth-order valence-electron chi connectivity index (χ4n) is 4.46. The van der Waals surface area contributed by atoms with E-state index >= 15 is 0 Å². The number of halogens is 1. The van der Waals surface area contributed by atoms with Gasteiger partial charge in [0.05, 0.1) is 6.04 Å². The van der Waals surface area contributed by atoms with E-state index in [1.807, 2.05) is 61.5 Å². The number of benzene rings is 2. The third-order valence-electron chi connectivity index (χ3n) is 6.10. The van der Waals surface area contributed by atoms with Gasteiger partial charge in [-0.2, -0.15) is 0 Å². The predicted octanol–water partition coefficient (Wildman–Crippen LogP) is 2.45. The van der Waals surface area contributed by atoms with Gasteiger partial charge in [-0.3, -0.25) is 14.5 Å². The van der Waals surface area contributed by atoms with E-state index in [0.29, 0.717) is 24.4 Å². The highest BCUT2D eigenvalue weighted by atomic mass is 35.5. The number of nitrogens with one attached hydrogen (secondary N) is 2. The number of imide groups is 1. The standard InChI is InChI=1S/C23H25ClN4O3/c1-27(2)19(16-8-4-6-10-18(16)24)13-25-20(29)14-28-21(30)23(26-22(28)31)12-11-15-7-3-5-9-17(15)23/h3-10,19H,11-14H2,1-2H3,(H,25,29)(H,26,31). The molecule has 1 aliphatic carbocycles. The summed E-state index contributed by atoms with van der Waals surface area (Å²) >= 11 is 6.32. The molecule has 4 amide bonds. The molecule has 7 nitrogen and oxygen atoms in total. The van der Waals surface area contributed by atoms with Crippen LogP contribution in [0.1, 0.15) is 29.2 Å². The highest BCUT2D eigenvalue weighted by molar-refractivity contribution is 6.31. The number of likely N-dealkylation sites (N-methyl/N-ethyl adjacent to an activating group) is 1. The molecule has 1 heterocycles. The van der Waals surface area contributed by atoms with Crippen LogP contribution >= 0.6 is 11.6 Å². The van der Waals surface area contributed by atoms with Gasteiger partial charge in [-0.15, -0.1) is 0 Å². The average molecular weight is 441 g/mol. The number of hydrogen-bond acceptors (Lipinski definition) is 4. The van der Waals surface area contributed by atoms with Crippen LogP contribution in [0.25, 0.3) is 0 Å². The molecule has 1 aliphatic heterocycles. The first-order valence-corrected chi connectivity index (χ1v) is 10.6. The molecular weight excluding hydrogens is 416 g/mol. The molecule has 162 valence electrons. The van der Waals surface area contributed by atoms with E-state index in [2.05, 4.69) is 10.6 Å². The lowest BCUT2D eigenvalue weighted by atomic mass is 9.92. The normalized spacial score (nSPS) is 20.8. The smallest absolute Gasteiger partial charge is 0.325 e. The molecular formula is C23H25ClN4O3. The Balaban J connectivity index is 1.44. The van der Waals surface area contributed by atoms with E-state index in [1.165, 1.54) is 0 Å². The minimum Gasteiger partial charge on any atom is -0.353 e. The first-order chi connectivity index (χ1) is 14.8. The van der Waals surface area contributed by atoms with Crippen LogP contribution in [0.3, 0.4) is 0 Å². The summed E-state index contributed by atoms with van der Waals surface area (Å²) in [6.07, 6.45) is 1.22. The van der Waals surface area contributed by atoms with Crippen molar-refractivity contribution in [3.63, 3.8) is 0 Å². The molecule has 1 spiro atoms. The van der Waals surface area contributed by atoms with Crippen molar-refractivity contribution in [2.75, 3.05) is 27.2 Å². The molecule has 0 aromatic heterocycles. The Labute approximate surface area is 186 Å². The number of rotatable bonds is 6. The third-order valence-corrected chi connectivity index (χ3v) is 6.45. The molecule has 8 heteroatoms. The predicted molar refractivity (Wildman–Crippen MR) is 118 cm³/mol. The van der Waals surface area contributed by atoms with E-state index in [0.717, 1.165) is 21.6 Å². The molecule has 1 fully saturated rings. The molecule has 4 rings (SSSR count). The van der Waals surface area contributed by atoms with Gasteiger partial charge < -0.3 is 15.5 Å². The molecule has 2 aromatic rings. The first kappa shape index (κ1) is 21.3. The lowest BCUT2D eigenvalue weighted by Crippen LogP contribution is -2.45. The second-order valence-corrected chi connectivity index (χ2v) is 8.60. The fourth-order valence-corrected chi connectivity index (χ4v) is 4.72. The number of nitrogens with zero attached hydrogens (tertiary/aromatic N) is 2. The molecule has 0 radical (unpaired) electrons. The topological polar surface area (TPSA) is 81.8 Å². The molecule has 31 heavy (non-hydrogen) atoms. The van der Waals surface area contributed by atoms with E-state index in [9.17, 15) is 14.4 Å². The number of carbonyl (C=O) groups excluding carboxylic acids is 3. The van der Waals surface area contributed by atoms with Gasteiger partial charge in [0.1, 0.15) is 12.1 Å². The van der Waals surface area contributed by atoms with Gasteiger partial charge in [0, 0.05) is 11.6 Å². The average Bonchev–Trinajstić information content (AvgIpc) is 3.22. The molecule has 2 atom stereocenters. The highest BCUT2D eigenvalue weighted by Crippen LogP contribution is 2.41. The van der Waals surface area contributed by atoms with Crippen molar-refractivity contribution in [1.82, 2.24) is 20.4 Å². The van der Waals surface area contributed by atoms with Gasteiger partial charge in [0.15, 0.2) is 0 Å². The van der Waals surface area contributed by atoms with Gasteiger partial charge in [0.2, 0.25) is 5.91 Å². The number of fused-ring (bicyclic) bond motifs is 2. The number of urea groups is 1. The molecule has 0 bridgehead atoms. The number of hydrogen-bond donors (Lipinski definition) is 2. The van der Waals surface area contributed by atoms with Crippen LogP contribution in [0.15, 0.2) is 48.5 Å². The Kier molecular flexibility index (Phi) is 5.73. The van der Waals surface area contributed by atoms with Crippen LogP contribution in [0.4, 0.5) is 4.79 Å². The molecule has 2 N–H and O–H groups in total. The van der Waals surface area contributed by atoms with E-state index in [4.69, 9.17) is 11.6 Å². The lowest BCUT2D eigenvalue weighted by molar-refractivity contribution is -0.135. The number of aryl methyl sites for hydroxylation is 1. The monoisotopic (exact) mass is 440 g/mol. The van der Waals surface area contributed by atoms with Crippen molar-refractivity contribution < 1.29 is 14.4 Å². The number of amides is 4. The van der Waals surface area contributed by atoms with Gasteiger partial charge in [-0.1, -0.05) is 54.1 Å². The Hall–Kier alpha value is -2.90. The minimum atomic E-state index is -1.06. The van der Waals surface area contributed by atoms with E-state index in [-0.39, 0.29) is 18.5 Å². The summed E-state index contributed by atoms with van der Waals surface area (Å²) in [5.41, 5.74) is 1.71. The summed E-state index contributed by atoms with van der Waals surface area (Å²) in [6.45, 7) is -0.0234. The summed E-state index contributed by atoms with van der Waals surface area (Å²) < 4.78 is 0. The van der Waals surface area contributed by atoms with Crippen molar-refractivity contribution in [3.8, 4) is 0 Å².